The van der Waals surface area contributed by atoms with E-state index in [9.17, 15) is 18.5 Å². The first kappa shape index (κ1) is 22.6. The molecule has 0 radical (unpaired) electrons. The zero-order chi connectivity index (χ0) is 22.9. The van der Waals surface area contributed by atoms with Crippen LogP contribution in [0.1, 0.15) is 30.4 Å². The fourth-order valence-corrected chi connectivity index (χ4v) is 5.80. The van der Waals surface area contributed by atoms with E-state index >= 15 is 0 Å². The molecule has 0 N–H and O–H groups in total. The van der Waals surface area contributed by atoms with Gasteiger partial charge in [0.15, 0.2) is 0 Å². The van der Waals surface area contributed by atoms with Crippen molar-refractivity contribution in [3.63, 3.8) is 0 Å². The molecule has 2 aliphatic rings. The summed E-state index contributed by atoms with van der Waals surface area (Å²) in [5.74, 6) is 0.748. The van der Waals surface area contributed by atoms with Crippen LogP contribution in [0.5, 0.6) is 11.5 Å². The number of amides is 1. The third-order valence-electron chi connectivity index (χ3n) is 5.94. The molecule has 1 aliphatic carbocycles. The predicted molar refractivity (Wildman–Crippen MR) is 120 cm³/mol. The van der Waals surface area contributed by atoms with Gasteiger partial charge < -0.3 is 9.64 Å². The summed E-state index contributed by atoms with van der Waals surface area (Å²) >= 11 is 6.11. The van der Waals surface area contributed by atoms with Crippen molar-refractivity contribution in [2.24, 2.45) is 5.92 Å². The van der Waals surface area contributed by atoms with Gasteiger partial charge in [0.25, 0.3) is 0 Å². The number of hydrogen-bond donors (Lipinski definition) is 0. The molecule has 7 nitrogen and oxygen atoms in total. The summed E-state index contributed by atoms with van der Waals surface area (Å²) in [4.78, 5) is 14.2. The van der Waals surface area contributed by atoms with Gasteiger partial charge in [-0.2, -0.15) is 9.57 Å². The molecular formula is C23H24ClN3O4S. The molecule has 4 rings (SSSR count). The lowest BCUT2D eigenvalue weighted by atomic mass is 9.84. The zero-order valence-electron chi connectivity index (χ0n) is 17.8. The topological polar surface area (TPSA) is 90.7 Å². The van der Waals surface area contributed by atoms with Crippen molar-refractivity contribution in [1.82, 2.24) is 9.21 Å². The summed E-state index contributed by atoms with van der Waals surface area (Å²) in [6, 6.07) is 11.4. The molecule has 1 saturated heterocycles. The number of nitriles is 1. The second-order valence-corrected chi connectivity index (χ2v) is 10.5. The van der Waals surface area contributed by atoms with Crippen molar-refractivity contribution in [2.45, 2.75) is 31.1 Å². The molecule has 168 valence electrons. The van der Waals surface area contributed by atoms with Gasteiger partial charge in [0, 0.05) is 37.1 Å². The number of rotatable bonds is 5. The second kappa shape index (κ2) is 9.10. The molecule has 32 heavy (non-hydrogen) atoms. The molecule has 0 bridgehead atoms. The highest BCUT2D eigenvalue weighted by molar-refractivity contribution is 7.89. The van der Waals surface area contributed by atoms with Gasteiger partial charge in [-0.05, 0) is 61.7 Å². The SMILES string of the molecule is Cc1cc(Cl)cc(Oc2ccc(C#N)cc2S(=O)(=O)N2CCN(C(=O)C3CCC3)CC2)c1. The molecule has 9 heteroatoms. The van der Waals surface area contributed by atoms with Crippen LogP contribution in [0, 0.1) is 24.2 Å². The van der Waals surface area contributed by atoms with Gasteiger partial charge in [-0.3, -0.25) is 4.79 Å². The second-order valence-electron chi connectivity index (χ2n) is 8.20. The summed E-state index contributed by atoms with van der Waals surface area (Å²) in [5, 5.41) is 9.78. The Labute approximate surface area is 193 Å². The molecule has 0 unspecified atom stereocenters. The number of halogens is 1. The smallest absolute Gasteiger partial charge is 0.246 e. The molecule has 0 spiro atoms. The molecular weight excluding hydrogens is 450 g/mol. The van der Waals surface area contributed by atoms with Crippen molar-refractivity contribution in [1.29, 1.82) is 5.26 Å². The number of aryl methyl sites for hydroxylation is 1. The average Bonchev–Trinajstić information content (AvgIpc) is 2.72. The van der Waals surface area contributed by atoms with E-state index < -0.39 is 10.0 Å². The average molecular weight is 474 g/mol. The van der Waals surface area contributed by atoms with Gasteiger partial charge >= 0.3 is 0 Å². The van der Waals surface area contributed by atoms with E-state index in [-0.39, 0.29) is 41.1 Å². The fraction of sp³-hybridized carbons (Fsp3) is 0.391. The number of ether oxygens (including phenoxy) is 1. The standard InChI is InChI=1S/C23H24ClN3O4S/c1-16-11-19(24)14-20(12-16)31-21-6-5-17(15-25)13-22(21)32(29,30)27-9-7-26(8-10-27)23(28)18-3-2-4-18/h5-6,11-14,18H,2-4,7-10H2,1H3. The number of carbonyl (C=O) groups excluding carboxylic acids is 1. The Morgan fingerprint density at radius 2 is 1.84 bits per heavy atom. The Bertz CT molecular complexity index is 1160. The summed E-state index contributed by atoms with van der Waals surface area (Å²) < 4.78 is 34.2. The van der Waals surface area contributed by atoms with Gasteiger partial charge in [-0.25, -0.2) is 8.42 Å². The molecule has 1 saturated carbocycles. The summed E-state index contributed by atoms with van der Waals surface area (Å²) in [7, 11) is -3.94. The first-order valence-corrected chi connectivity index (χ1v) is 12.4. The van der Waals surface area contributed by atoms with Crippen LogP contribution in [0.2, 0.25) is 5.02 Å². The Morgan fingerprint density at radius 1 is 1.12 bits per heavy atom. The first-order chi connectivity index (χ1) is 15.3. The highest BCUT2D eigenvalue weighted by Crippen LogP contribution is 2.34. The lowest BCUT2D eigenvalue weighted by Crippen LogP contribution is -2.52. The van der Waals surface area contributed by atoms with Crippen LogP contribution >= 0.6 is 11.6 Å². The zero-order valence-corrected chi connectivity index (χ0v) is 19.3. The summed E-state index contributed by atoms with van der Waals surface area (Å²) in [5.41, 5.74) is 1.09. The maximum absolute atomic E-state index is 13.5. The van der Waals surface area contributed by atoms with Gasteiger partial charge in [-0.15, -0.1) is 0 Å². The number of carbonyl (C=O) groups is 1. The fourth-order valence-electron chi connectivity index (χ4n) is 3.95. The highest BCUT2D eigenvalue weighted by Gasteiger charge is 2.35. The highest BCUT2D eigenvalue weighted by atomic mass is 35.5. The maximum Gasteiger partial charge on any atom is 0.246 e. The molecule has 1 aliphatic heterocycles. The lowest BCUT2D eigenvalue weighted by molar-refractivity contribution is -0.139. The molecule has 2 fully saturated rings. The lowest BCUT2D eigenvalue weighted by Gasteiger charge is -2.37. The molecule has 2 aromatic rings. The van der Waals surface area contributed by atoms with Gasteiger partial charge in [0.05, 0.1) is 11.6 Å². The van der Waals surface area contributed by atoms with Gasteiger partial charge in [0.2, 0.25) is 15.9 Å². The van der Waals surface area contributed by atoms with Crippen LogP contribution in [0.15, 0.2) is 41.3 Å². The Hall–Kier alpha value is -2.60. The minimum absolute atomic E-state index is 0.0760. The van der Waals surface area contributed by atoms with Crippen molar-refractivity contribution in [3.05, 3.63) is 52.5 Å². The minimum Gasteiger partial charge on any atom is -0.456 e. The van der Waals surface area contributed by atoms with Gasteiger partial charge in [0.1, 0.15) is 16.4 Å². The molecule has 0 atom stereocenters. The Kier molecular flexibility index (Phi) is 6.42. The molecule has 0 aromatic heterocycles. The number of hydrogen-bond acceptors (Lipinski definition) is 5. The van der Waals surface area contributed by atoms with Crippen LogP contribution < -0.4 is 4.74 Å². The van der Waals surface area contributed by atoms with Crippen LogP contribution in [0.4, 0.5) is 0 Å². The molecule has 1 heterocycles. The van der Waals surface area contributed by atoms with E-state index in [2.05, 4.69) is 0 Å². The summed E-state index contributed by atoms with van der Waals surface area (Å²) in [6.07, 6.45) is 2.92. The van der Waals surface area contributed by atoms with Crippen LogP contribution in [0.3, 0.4) is 0 Å². The van der Waals surface area contributed by atoms with E-state index in [0.29, 0.717) is 23.9 Å². The van der Waals surface area contributed by atoms with Crippen molar-refractivity contribution >= 4 is 27.5 Å². The van der Waals surface area contributed by atoms with Crippen molar-refractivity contribution < 1.29 is 17.9 Å². The number of piperazine rings is 1. The number of benzene rings is 2. The van der Waals surface area contributed by atoms with Crippen LogP contribution in [-0.2, 0) is 14.8 Å². The molecule has 1 amide bonds. The van der Waals surface area contributed by atoms with Crippen LogP contribution in [0.25, 0.3) is 0 Å². The third kappa shape index (κ3) is 4.60. The van der Waals surface area contributed by atoms with Crippen molar-refractivity contribution in [3.8, 4) is 17.6 Å². The minimum atomic E-state index is -3.94. The van der Waals surface area contributed by atoms with E-state index in [1.165, 1.54) is 22.5 Å². The van der Waals surface area contributed by atoms with Gasteiger partial charge in [-0.1, -0.05) is 18.0 Å². The molecule has 2 aromatic carbocycles. The number of nitrogens with zero attached hydrogens (tertiary/aromatic N) is 3. The number of sulfonamides is 1. The van der Waals surface area contributed by atoms with E-state index in [4.69, 9.17) is 16.3 Å². The van der Waals surface area contributed by atoms with Crippen LogP contribution in [-0.4, -0.2) is 49.7 Å². The van der Waals surface area contributed by atoms with E-state index in [1.807, 2.05) is 13.0 Å². The predicted octanol–water partition coefficient (Wildman–Crippen LogP) is 3.95. The Balaban J connectivity index is 1.58. The first-order valence-electron chi connectivity index (χ1n) is 10.6. The third-order valence-corrected chi connectivity index (χ3v) is 8.08. The van der Waals surface area contributed by atoms with Crippen molar-refractivity contribution in [2.75, 3.05) is 26.2 Å². The monoisotopic (exact) mass is 473 g/mol. The largest absolute Gasteiger partial charge is 0.456 e. The Morgan fingerprint density at radius 3 is 2.44 bits per heavy atom. The quantitative estimate of drug-likeness (QED) is 0.655. The normalized spacial score (nSPS) is 17.5. The van der Waals surface area contributed by atoms with E-state index in [0.717, 1.165) is 24.8 Å². The maximum atomic E-state index is 13.5. The van der Waals surface area contributed by atoms with E-state index in [1.54, 1.807) is 23.1 Å². The summed E-state index contributed by atoms with van der Waals surface area (Å²) in [6.45, 7) is 2.98.